The van der Waals surface area contributed by atoms with Crippen LogP contribution in [-0.4, -0.2) is 10.2 Å². The lowest BCUT2D eigenvalue weighted by molar-refractivity contribution is 0.304. The van der Waals surface area contributed by atoms with Gasteiger partial charge in [0.25, 0.3) is 0 Å². The van der Waals surface area contributed by atoms with Gasteiger partial charge in [0.15, 0.2) is 5.76 Å². The first kappa shape index (κ1) is 17.9. The summed E-state index contributed by atoms with van der Waals surface area (Å²) < 4.78 is 11.4. The Kier molecular flexibility index (Phi) is 4.67. The lowest BCUT2D eigenvalue weighted by atomic mass is 10.1. The highest BCUT2D eigenvalue weighted by Crippen LogP contribution is 2.35. The first-order chi connectivity index (χ1) is 13.5. The normalized spacial score (nSPS) is 10.9. The number of ether oxygens (including phenoxy) is 1. The summed E-state index contributed by atoms with van der Waals surface area (Å²) in [5, 5.41) is 21.0. The summed E-state index contributed by atoms with van der Waals surface area (Å²) in [4.78, 5) is 12.5. The van der Waals surface area contributed by atoms with E-state index < -0.39 is 11.2 Å². The summed E-state index contributed by atoms with van der Waals surface area (Å²) in [5.74, 6) is -0.536. The molecule has 0 aliphatic heterocycles. The van der Waals surface area contributed by atoms with Gasteiger partial charge in [0, 0.05) is 22.7 Å². The maximum Gasteiger partial charge on any atom is 0.238 e. The Morgan fingerprint density at radius 2 is 1.75 bits per heavy atom. The monoisotopic (exact) mass is 394 g/mol. The van der Waals surface area contributed by atoms with E-state index in [9.17, 15) is 15.0 Å². The number of fused-ring (bicyclic) bond motifs is 1. The van der Waals surface area contributed by atoms with Gasteiger partial charge >= 0.3 is 0 Å². The highest BCUT2D eigenvalue weighted by Gasteiger charge is 2.18. The molecule has 0 aliphatic rings. The Morgan fingerprint density at radius 1 is 0.964 bits per heavy atom. The molecule has 0 amide bonds. The summed E-state index contributed by atoms with van der Waals surface area (Å²) >= 11 is 5.97. The number of halogens is 1. The highest BCUT2D eigenvalue weighted by molar-refractivity contribution is 6.30. The zero-order chi connectivity index (χ0) is 19.7. The van der Waals surface area contributed by atoms with Crippen LogP contribution in [0, 0.1) is 0 Å². The van der Waals surface area contributed by atoms with Gasteiger partial charge in [-0.15, -0.1) is 0 Å². The molecule has 0 unspecified atom stereocenters. The van der Waals surface area contributed by atoms with Gasteiger partial charge in [-0.05, 0) is 17.7 Å². The Labute approximate surface area is 165 Å². The third-order valence-corrected chi connectivity index (χ3v) is 4.49. The van der Waals surface area contributed by atoms with Crippen molar-refractivity contribution in [3.8, 4) is 28.6 Å². The van der Waals surface area contributed by atoms with Crippen LogP contribution in [0.2, 0.25) is 5.02 Å². The van der Waals surface area contributed by atoms with Crippen molar-refractivity contribution in [1.82, 2.24) is 0 Å². The lowest BCUT2D eigenvalue weighted by Gasteiger charge is -2.10. The van der Waals surface area contributed by atoms with Crippen molar-refractivity contribution in [2.75, 3.05) is 0 Å². The number of rotatable bonds is 4. The molecule has 0 spiro atoms. The zero-order valence-corrected chi connectivity index (χ0v) is 15.3. The van der Waals surface area contributed by atoms with E-state index in [0.717, 1.165) is 5.56 Å². The van der Waals surface area contributed by atoms with Gasteiger partial charge in [0.05, 0.1) is 0 Å². The molecule has 4 rings (SSSR count). The number of phenols is 1. The lowest BCUT2D eigenvalue weighted by Crippen LogP contribution is -2.03. The fourth-order valence-corrected chi connectivity index (χ4v) is 3.14. The van der Waals surface area contributed by atoms with Gasteiger partial charge in [0.1, 0.15) is 29.1 Å². The van der Waals surface area contributed by atoms with Gasteiger partial charge in [-0.1, -0.05) is 54.1 Å². The van der Waals surface area contributed by atoms with Crippen molar-refractivity contribution in [2.45, 2.75) is 6.61 Å². The van der Waals surface area contributed by atoms with Gasteiger partial charge in [0.2, 0.25) is 11.2 Å². The molecule has 140 valence electrons. The Balaban J connectivity index is 1.76. The van der Waals surface area contributed by atoms with Crippen LogP contribution in [0.3, 0.4) is 0 Å². The molecular weight excluding hydrogens is 380 g/mol. The van der Waals surface area contributed by atoms with Gasteiger partial charge < -0.3 is 19.4 Å². The summed E-state index contributed by atoms with van der Waals surface area (Å²) in [6.07, 6.45) is 0. The third-order valence-electron chi connectivity index (χ3n) is 4.25. The molecule has 1 aromatic heterocycles. The molecule has 0 fully saturated rings. The molecule has 0 saturated carbocycles. The van der Waals surface area contributed by atoms with Crippen molar-refractivity contribution >= 4 is 22.6 Å². The van der Waals surface area contributed by atoms with E-state index in [0.29, 0.717) is 16.3 Å². The minimum Gasteiger partial charge on any atom is -0.507 e. The minimum absolute atomic E-state index is 0.0319. The highest BCUT2D eigenvalue weighted by atomic mass is 35.5. The van der Waals surface area contributed by atoms with Crippen molar-refractivity contribution in [3.63, 3.8) is 0 Å². The first-order valence-electron chi connectivity index (χ1n) is 8.48. The zero-order valence-electron chi connectivity index (χ0n) is 14.6. The Bertz CT molecular complexity index is 1220. The third kappa shape index (κ3) is 3.40. The molecule has 0 saturated heterocycles. The SMILES string of the molecule is O=c1c(O)c(-c2ccccc2)oc2cc(OCc3cccc(Cl)c3)cc(O)c12. The maximum atomic E-state index is 12.5. The van der Waals surface area contributed by atoms with Crippen LogP contribution < -0.4 is 10.2 Å². The molecule has 4 aromatic rings. The number of phenolic OH excluding ortho intramolecular Hbond substituents is 1. The molecule has 0 aliphatic carbocycles. The van der Waals surface area contributed by atoms with Gasteiger partial charge in [-0.25, -0.2) is 0 Å². The topological polar surface area (TPSA) is 79.9 Å². The van der Waals surface area contributed by atoms with Gasteiger partial charge in [-0.3, -0.25) is 4.79 Å². The number of benzene rings is 3. The van der Waals surface area contributed by atoms with Crippen molar-refractivity contribution in [3.05, 3.63) is 87.5 Å². The molecule has 0 radical (unpaired) electrons. The number of hydrogen-bond acceptors (Lipinski definition) is 5. The molecular formula is C22H15ClO5. The van der Waals surface area contributed by atoms with Crippen molar-refractivity contribution in [1.29, 1.82) is 0 Å². The molecule has 6 heteroatoms. The molecule has 3 aromatic carbocycles. The average molecular weight is 395 g/mol. The van der Waals surface area contributed by atoms with Crippen LogP contribution in [0.4, 0.5) is 0 Å². The van der Waals surface area contributed by atoms with Crippen molar-refractivity contribution < 1.29 is 19.4 Å². The van der Waals surface area contributed by atoms with E-state index in [1.807, 2.05) is 18.2 Å². The fraction of sp³-hybridized carbons (Fsp3) is 0.0455. The first-order valence-corrected chi connectivity index (χ1v) is 8.86. The second-order valence-corrected chi connectivity index (χ2v) is 6.65. The number of aromatic hydroxyl groups is 2. The van der Waals surface area contributed by atoms with E-state index >= 15 is 0 Å². The predicted octanol–water partition coefficient (Wildman–Crippen LogP) is 5.10. The largest absolute Gasteiger partial charge is 0.507 e. The van der Waals surface area contributed by atoms with Crippen LogP contribution >= 0.6 is 11.6 Å². The smallest absolute Gasteiger partial charge is 0.238 e. The standard InChI is InChI=1S/C22H15ClO5/c23-15-8-4-5-13(9-15)12-27-16-10-17(24)19-18(11-16)28-22(21(26)20(19)25)14-6-2-1-3-7-14/h1-11,24,26H,12H2. The van der Waals surface area contributed by atoms with Crippen LogP contribution in [-0.2, 0) is 6.61 Å². The summed E-state index contributed by atoms with van der Waals surface area (Å²) in [5.41, 5.74) is 0.801. The molecule has 1 heterocycles. The van der Waals surface area contributed by atoms with Crippen LogP contribution in [0.15, 0.2) is 75.9 Å². The second-order valence-electron chi connectivity index (χ2n) is 6.21. The van der Waals surface area contributed by atoms with Gasteiger partial charge in [-0.2, -0.15) is 0 Å². The van der Waals surface area contributed by atoms with E-state index in [-0.39, 0.29) is 29.1 Å². The molecule has 28 heavy (non-hydrogen) atoms. The molecule has 0 bridgehead atoms. The average Bonchev–Trinajstić information content (AvgIpc) is 2.69. The summed E-state index contributed by atoms with van der Waals surface area (Å²) in [6, 6.07) is 18.8. The predicted molar refractivity (Wildman–Crippen MR) is 107 cm³/mol. The molecule has 5 nitrogen and oxygen atoms in total. The quantitative estimate of drug-likeness (QED) is 0.503. The van der Waals surface area contributed by atoms with E-state index in [1.165, 1.54) is 12.1 Å². The second kappa shape index (κ2) is 7.29. The van der Waals surface area contributed by atoms with E-state index in [2.05, 4.69) is 0 Å². The Morgan fingerprint density at radius 3 is 2.50 bits per heavy atom. The van der Waals surface area contributed by atoms with Crippen LogP contribution in [0.5, 0.6) is 17.2 Å². The number of hydrogen-bond donors (Lipinski definition) is 2. The molecule has 0 atom stereocenters. The fourth-order valence-electron chi connectivity index (χ4n) is 2.93. The Hall–Kier alpha value is -3.44. The molecule has 2 N–H and O–H groups in total. The summed E-state index contributed by atoms with van der Waals surface area (Å²) in [6.45, 7) is 0.222. The van der Waals surface area contributed by atoms with Crippen LogP contribution in [0.25, 0.3) is 22.3 Å². The van der Waals surface area contributed by atoms with Crippen molar-refractivity contribution in [2.24, 2.45) is 0 Å². The van der Waals surface area contributed by atoms with E-state index in [1.54, 1.807) is 36.4 Å². The van der Waals surface area contributed by atoms with E-state index in [4.69, 9.17) is 20.8 Å². The maximum absolute atomic E-state index is 12.5. The van der Waals surface area contributed by atoms with Crippen LogP contribution in [0.1, 0.15) is 5.56 Å². The summed E-state index contributed by atoms with van der Waals surface area (Å²) in [7, 11) is 0. The minimum atomic E-state index is -0.709.